The maximum absolute atomic E-state index is 12.6. The molecule has 0 bridgehead atoms. The zero-order valence-electron chi connectivity index (χ0n) is 15.6. The molecule has 0 saturated carbocycles. The predicted molar refractivity (Wildman–Crippen MR) is 109 cm³/mol. The van der Waals surface area contributed by atoms with Crippen molar-refractivity contribution in [2.45, 2.75) is 25.3 Å². The molecule has 0 aliphatic heterocycles. The number of fused-ring (bicyclic) bond motifs is 1. The second-order valence-electron chi connectivity index (χ2n) is 6.81. The van der Waals surface area contributed by atoms with Gasteiger partial charge in [0.2, 0.25) is 5.91 Å². The van der Waals surface area contributed by atoms with Crippen molar-refractivity contribution in [2.24, 2.45) is 0 Å². The quantitative estimate of drug-likeness (QED) is 0.450. The van der Waals surface area contributed by atoms with Crippen molar-refractivity contribution in [1.82, 2.24) is 5.32 Å². The fourth-order valence-corrected chi connectivity index (χ4v) is 3.32. The fraction of sp³-hybridized carbons (Fsp3) is 0.182. The Morgan fingerprint density at radius 1 is 1.00 bits per heavy atom. The van der Waals surface area contributed by atoms with E-state index in [4.69, 9.17) is 0 Å². The van der Waals surface area contributed by atoms with Gasteiger partial charge in [0.25, 0.3) is 5.69 Å². The zero-order valence-corrected chi connectivity index (χ0v) is 15.6. The summed E-state index contributed by atoms with van der Waals surface area (Å²) in [7, 11) is 0. The Morgan fingerprint density at radius 3 is 2.38 bits per heavy atom. The number of nitrogens with one attached hydrogen (secondary N) is 1. The van der Waals surface area contributed by atoms with Crippen molar-refractivity contribution in [1.29, 1.82) is 0 Å². The standard InChI is InChI=1S/C22H20N2O5/c25-21(13-17-6-3-5-16-4-1-2-7-20(16)17)23-18(14-22(26)27)12-15-8-10-19(11-9-15)24(28)29/h1-11,18H,12-14H2,(H,23,25)(H,26,27)/t18-/m0/s1. The minimum Gasteiger partial charge on any atom is -0.481 e. The molecular formula is C22H20N2O5. The summed E-state index contributed by atoms with van der Waals surface area (Å²) in [5, 5.41) is 24.8. The highest BCUT2D eigenvalue weighted by Gasteiger charge is 2.18. The molecule has 7 nitrogen and oxygen atoms in total. The molecule has 1 atom stereocenters. The highest BCUT2D eigenvalue weighted by molar-refractivity contribution is 5.90. The van der Waals surface area contributed by atoms with Crippen LogP contribution >= 0.6 is 0 Å². The van der Waals surface area contributed by atoms with E-state index in [0.29, 0.717) is 5.56 Å². The normalized spacial score (nSPS) is 11.7. The van der Waals surface area contributed by atoms with Crippen LogP contribution in [-0.4, -0.2) is 27.9 Å². The van der Waals surface area contributed by atoms with E-state index in [1.807, 2.05) is 42.5 Å². The van der Waals surface area contributed by atoms with Gasteiger partial charge in [0.05, 0.1) is 17.8 Å². The van der Waals surface area contributed by atoms with Crippen LogP contribution in [0.15, 0.2) is 66.7 Å². The van der Waals surface area contributed by atoms with Crippen LogP contribution in [0, 0.1) is 10.1 Å². The molecule has 0 aliphatic carbocycles. The van der Waals surface area contributed by atoms with Crippen molar-refractivity contribution >= 4 is 28.3 Å². The predicted octanol–water partition coefficient (Wildman–Crippen LogP) is 3.49. The summed E-state index contributed by atoms with van der Waals surface area (Å²) < 4.78 is 0. The summed E-state index contributed by atoms with van der Waals surface area (Å²) in [5.74, 6) is -1.29. The van der Waals surface area contributed by atoms with Crippen molar-refractivity contribution in [3.8, 4) is 0 Å². The molecule has 0 heterocycles. The van der Waals surface area contributed by atoms with E-state index < -0.39 is 16.9 Å². The van der Waals surface area contributed by atoms with Gasteiger partial charge in [0, 0.05) is 18.2 Å². The number of amides is 1. The van der Waals surface area contributed by atoms with Crippen molar-refractivity contribution < 1.29 is 19.6 Å². The van der Waals surface area contributed by atoms with Crippen molar-refractivity contribution in [2.75, 3.05) is 0 Å². The van der Waals surface area contributed by atoms with E-state index in [-0.39, 0.29) is 30.9 Å². The van der Waals surface area contributed by atoms with Gasteiger partial charge in [-0.2, -0.15) is 0 Å². The van der Waals surface area contributed by atoms with Crippen LogP contribution < -0.4 is 5.32 Å². The number of carbonyl (C=O) groups is 2. The lowest BCUT2D eigenvalue weighted by Crippen LogP contribution is -2.39. The molecule has 0 unspecified atom stereocenters. The number of nitrogens with zero attached hydrogens (tertiary/aromatic N) is 1. The van der Waals surface area contributed by atoms with Crippen LogP contribution in [0.3, 0.4) is 0 Å². The summed E-state index contributed by atoms with van der Waals surface area (Å²) >= 11 is 0. The number of nitro benzene ring substituents is 1. The van der Waals surface area contributed by atoms with Crippen LogP contribution in [0.2, 0.25) is 0 Å². The zero-order chi connectivity index (χ0) is 20.8. The Morgan fingerprint density at radius 2 is 1.69 bits per heavy atom. The van der Waals surface area contributed by atoms with Gasteiger partial charge in [0.15, 0.2) is 0 Å². The molecule has 0 aliphatic rings. The second-order valence-corrected chi connectivity index (χ2v) is 6.81. The number of hydrogen-bond acceptors (Lipinski definition) is 4. The smallest absolute Gasteiger partial charge is 0.305 e. The Kier molecular flexibility index (Phi) is 6.19. The van der Waals surface area contributed by atoms with Gasteiger partial charge in [-0.3, -0.25) is 19.7 Å². The van der Waals surface area contributed by atoms with E-state index in [1.54, 1.807) is 12.1 Å². The molecule has 7 heteroatoms. The number of hydrogen-bond donors (Lipinski definition) is 2. The highest BCUT2D eigenvalue weighted by Crippen LogP contribution is 2.19. The van der Waals surface area contributed by atoms with Crippen LogP contribution in [0.5, 0.6) is 0 Å². The van der Waals surface area contributed by atoms with E-state index in [0.717, 1.165) is 16.3 Å². The van der Waals surface area contributed by atoms with E-state index in [9.17, 15) is 24.8 Å². The maximum atomic E-state index is 12.6. The molecule has 0 fully saturated rings. The first-order chi connectivity index (χ1) is 13.9. The lowest BCUT2D eigenvalue weighted by molar-refractivity contribution is -0.384. The molecule has 3 aromatic rings. The summed E-state index contributed by atoms with van der Waals surface area (Å²) in [6.07, 6.45) is 0.168. The highest BCUT2D eigenvalue weighted by atomic mass is 16.6. The van der Waals surface area contributed by atoms with Crippen molar-refractivity contribution in [3.63, 3.8) is 0 Å². The molecule has 2 N–H and O–H groups in total. The third-order valence-electron chi connectivity index (χ3n) is 4.65. The molecule has 148 valence electrons. The molecule has 29 heavy (non-hydrogen) atoms. The number of carboxylic acid groups (broad SMARTS) is 1. The number of carboxylic acids is 1. The minimum absolute atomic E-state index is 0.0384. The summed E-state index contributed by atoms with van der Waals surface area (Å²) in [5.41, 5.74) is 1.54. The lowest BCUT2D eigenvalue weighted by Gasteiger charge is -2.17. The second kappa shape index (κ2) is 8.97. The lowest BCUT2D eigenvalue weighted by atomic mass is 10.0. The van der Waals surface area contributed by atoms with Crippen LogP contribution in [0.1, 0.15) is 17.5 Å². The number of carbonyl (C=O) groups excluding carboxylic acids is 1. The number of nitro groups is 1. The Hall–Kier alpha value is -3.74. The molecule has 3 rings (SSSR count). The summed E-state index contributed by atoms with van der Waals surface area (Å²) in [6.45, 7) is 0. The van der Waals surface area contributed by atoms with Gasteiger partial charge in [-0.1, -0.05) is 54.6 Å². The molecular weight excluding hydrogens is 372 g/mol. The molecule has 0 aromatic heterocycles. The van der Waals surface area contributed by atoms with Crippen LogP contribution in [0.25, 0.3) is 10.8 Å². The van der Waals surface area contributed by atoms with Crippen molar-refractivity contribution in [3.05, 3.63) is 88.0 Å². The first-order valence-corrected chi connectivity index (χ1v) is 9.13. The topological polar surface area (TPSA) is 110 Å². The van der Waals surface area contributed by atoms with Gasteiger partial charge < -0.3 is 10.4 Å². The van der Waals surface area contributed by atoms with Gasteiger partial charge in [0.1, 0.15) is 0 Å². The van der Waals surface area contributed by atoms with E-state index in [1.165, 1.54) is 12.1 Å². The van der Waals surface area contributed by atoms with Gasteiger partial charge in [-0.05, 0) is 28.3 Å². The average Bonchev–Trinajstić information content (AvgIpc) is 2.68. The summed E-state index contributed by atoms with van der Waals surface area (Å²) in [6, 6.07) is 18.8. The Bertz CT molecular complexity index is 1040. The van der Waals surface area contributed by atoms with E-state index in [2.05, 4.69) is 5.32 Å². The minimum atomic E-state index is -1.03. The van der Waals surface area contributed by atoms with Gasteiger partial charge in [-0.25, -0.2) is 0 Å². The maximum Gasteiger partial charge on any atom is 0.305 e. The monoisotopic (exact) mass is 392 g/mol. The first-order valence-electron chi connectivity index (χ1n) is 9.13. The van der Waals surface area contributed by atoms with Crippen LogP contribution in [0.4, 0.5) is 5.69 Å². The first kappa shape index (κ1) is 20.0. The third-order valence-corrected chi connectivity index (χ3v) is 4.65. The van der Waals surface area contributed by atoms with Crippen LogP contribution in [-0.2, 0) is 22.4 Å². The fourth-order valence-electron chi connectivity index (χ4n) is 3.32. The molecule has 3 aromatic carbocycles. The van der Waals surface area contributed by atoms with E-state index >= 15 is 0 Å². The van der Waals surface area contributed by atoms with Gasteiger partial charge >= 0.3 is 5.97 Å². The Balaban J connectivity index is 1.71. The average molecular weight is 392 g/mol. The largest absolute Gasteiger partial charge is 0.481 e. The number of aliphatic carboxylic acids is 1. The number of benzene rings is 3. The molecule has 0 spiro atoms. The molecule has 0 radical (unpaired) electrons. The van der Waals surface area contributed by atoms with Gasteiger partial charge in [-0.15, -0.1) is 0 Å². The number of rotatable bonds is 8. The molecule has 0 saturated heterocycles. The third kappa shape index (κ3) is 5.38. The summed E-state index contributed by atoms with van der Waals surface area (Å²) in [4.78, 5) is 34.1. The number of non-ortho nitro benzene ring substituents is 1. The Labute approximate surface area is 167 Å². The molecule has 1 amide bonds. The SMILES string of the molecule is O=C(O)C[C@H](Cc1ccc([N+](=O)[O-])cc1)NC(=O)Cc1cccc2ccccc12.